The Bertz CT molecular complexity index is 222. The first-order chi connectivity index (χ1) is 12.8. The molecule has 0 aromatic carbocycles. The molecule has 2 nitrogen and oxygen atoms in total. The van der Waals surface area contributed by atoms with Crippen LogP contribution in [0.3, 0.4) is 0 Å². The minimum absolute atomic E-state index is 0.314. The summed E-state index contributed by atoms with van der Waals surface area (Å²) in [6.45, 7) is 8.13. The minimum atomic E-state index is 0.314. The molecule has 0 aromatic heterocycles. The summed E-state index contributed by atoms with van der Waals surface area (Å²) < 4.78 is 0. The molecule has 0 unspecified atom stereocenters. The van der Waals surface area contributed by atoms with Gasteiger partial charge in [0.2, 0.25) is 0 Å². The van der Waals surface area contributed by atoms with E-state index in [1.807, 2.05) is 0 Å². The minimum Gasteiger partial charge on any atom is -0.395 e. The quantitative estimate of drug-likeness (QED) is 0.202. The van der Waals surface area contributed by atoms with Crippen LogP contribution in [0.25, 0.3) is 0 Å². The molecule has 1 N–H and O–H groups in total. The van der Waals surface area contributed by atoms with Gasteiger partial charge in [-0.15, -0.1) is 0 Å². The third-order valence-electron chi connectivity index (χ3n) is 5.57. The van der Waals surface area contributed by atoms with E-state index in [4.69, 9.17) is 0 Å². The second-order valence-electron chi connectivity index (χ2n) is 8.22. The molecule has 0 atom stereocenters. The summed E-state index contributed by atoms with van der Waals surface area (Å²) in [5.41, 5.74) is 0. The van der Waals surface area contributed by atoms with E-state index in [-0.39, 0.29) is 0 Å². The molecular weight excluding hydrogens is 318 g/mol. The van der Waals surface area contributed by atoms with Gasteiger partial charge in [0.05, 0.1) is 6.61 Å². The van der Waals surface area contributed by atoms with Crippen molar-refractivity contribution in [2.75, 3.05) is 26.2 Å². The van der Waals surface area contributed by atoms with Crippen molar-refractivity contribution >= 4 is 0 Å². The van der Waals surface area contributed by atoms with Crippen molar-refractivity contribution in [3.63, 3.8) is 0 Å². The third-order valence-corrected chi connectivity index (χ3v) is 5.57. The second kappa shape index (κ2) is 23.0. The Kier molecular flexibility index (Phi) is 22.9. The highest BCUT2D eigenvalue weighted by Gasteiger charge is 2.04. The average molecular weight is 370 g/mol. The molecule has 0 saturated carbocycles. The number of aliphatic hydroxyl groups is 1. The van der Waals surface area contributed by atoms with E-state index < -0.39 is 0 Å². The second-order valence-corrected chi connectivity index (χ2v) is 8.22. The van der Waals surface area contributed by atoms with Crippen LogP contribution in [0, 0.1) is 0 Å². The monoisotopic (exact) mass is 369 g/mol. The number of hydrogen-bond donors (Lipinski definition) is 1. The topological polar surface area (TPSA) is 23.5 Å². The Morgan fingerprint density at radius 2 is 0.731 bits per heavy atom. The molecule has 2 heteroatoms. The van der Waals surface area contributed by atoms with Crippen LogP contribution in [-0.2, 0) is 0 Å². The zero-order valence-electron chi connectivity index (χ0n) is 18.5. The van der Waals surface area contributed by atoms with Crippen molar-refractivity contribution in [2.24, 2.45) is 0 Å². The predicted octanol–water partition coefficient (Wildman–Crippen LogP) is 7.34. The molecule has 0 aromatic rings. The predicted molar refractivity (Wildman–Crippen MR) is 118 cm³/mol. The lowest BCUT2D eigenvalue weighted by atomic mass is 10.1. The van der Waals surface area contributed by atoms with Gasteiger partial charge in [-0.25, -0.2) is 0 Å². The summed E-state index contributed by atoms with van der Waals surface area (Å²) in [6, 6.07) is 0. The van der Waals surface area contributed by atoms with Gasteiger partial charge in [-0.2, -0.15) is 0 Å². The normalized spacial score (nSPS) is 11.5. The van der Waals surface area contributed by atoms with Crippen LogP contribution in [0.2, 0.25) is 0 Å². The molecule has 0 saturated heterocycles. The average Bonchev–Trinajstić information content (AvgIpc) is 2.65. The van der Waals surface area contributed by atoms with E-state index in [1.54, 1.807) is 0 Å². The fourth-order valence-corrected chi connectivity index (χ4v) is 3.77. The SMILES string of the molecule is CCCCCCCCCCCN(CCO)CCCCCCCCCCC. The molecule has 0 aliphatic heterocycles. The fraction of sp³-hybridized carbons (Fsp3) is 1.00. The van der Waals surface area contributed by atoms with Crippen LogP contribution < -0.4 is 0 Å². The highest BCUT2D eigenvalue weighted by Crippen LogP contribution is 2.12. The number of rotatable bonds is 22. The Morgan fingerprint density at radius 3 is 1.04 bits per heavy atom. The molecule has 0 fully saturated rings. The molecule has 0 heterocycles. The van der Waals surface area contributed by atoms with Crippen LogP contribution in [-0.4, -0.2) is 36.2 Å². The summed E-state index contributed by atoms with van der Waals surface area (Å²) in [4.78, 5) is 2.49. The lowest BCUT2D eigenvalue weighted by Crippen LogP contribution is -2.29. The van der Waals surface area contributed by atoms with E-state index in [9.17, 15) is 5.11 Å². The standard InChI is InChI=1S/C24H51NO/c1-3-5-7-9-11-13-15-17-19-21-25(23-24-26)22-20-18-16-14-12-10-8-6-4-2/h26H,3-24H2,1-2H3. The molecule has 0 aliphatic rings. The Balaban J connectivity index is 3.42. The van der Waals surface area contributed by atoms with Crippen LogP contribution in [0.15, 0.2) is 0 Å². The van der Waals surface area contributed by atoms with Gasteiger partial charge < -0.3 is 10.0 Å². The van der Waals surface area contributed by atoms with Crippen molar-refractivity contribution in [3.8, 4) is 0 Å². The van der Waals surface area contributed by atoms with E-state index in [1.165, 1.54) is 129 Å². The lowest BCUT2D eigenvalue weighted by Gasteiger charge is -2.21. The zero-order chi connectivity index (χ0) is 19.1. The molecular formula is C24H51NO. The maximum absolute atomic E-state index is 9.28. The first-order valence-corrected chi connectivity index (χ1v) is 12.2. The first kappa shape index (κ1) is 25.9. The summed E-state index contributed by atoms with van der Waals surface area (Å²) in [7, 11) is 0. The molecule has 26 heavy (non-hydrogen) atoms. The first-order valence-electron chi connectivity index (χ1n) is 12.2. The molecule has 0 bridgehead atoms. The molecule has 0 amide bonds. The summed E-state index contributed by atoms with van der Waals surface area (Å²) >= 11 is 0. The summed E-state index contributed by atoms with van der Waals surface area (Å²) in [6.07, 6.45) is 25.1. The summed E-state index contributed by atoms with van der Waals surface area (Å²) in [5, 5.41) is 9.28. The van der Waals surface area contributed by atoms with Gasteiger partial charge in [-0.05, 0) is 25.9 Å². The van der Waals surface area contributed by atoms with E-state index >= 15 is 0 Å². The summed E-state index contributed by atoms with van der Waals surface area (Å²) in [5.74, 6) is 0. The molecule has 0 rings (SSSR count). The number of nitrogens with zero attached hydrogens (tertiary/aromatic N) is 1. The van der Waals surface area contributed by atoms with Crippen LogP contribution in [0.5, 0.6) is 0 Å². The van der Waals surface area contributed by atoms with Gasteiger partial charge in [-0.1, -0.05) is 117 Å². The van der Waals surface area contributed by atoms with Crippen LogP contribution >= 0.6 is 0 Å². The number of hydrogen-bond acceptors (Lipinski definition) is 2. The van der Waals surface area contributed by atoms with Crippen molar-refractivity contribution in [1.82, 2.24) is 4.90 Å². The molecule has 0 spiro atoms. The lowest BCUT2D eigenvalue weighted by molar-refractivity contribution is 0.190. The number of unbranched alkanes of at least 4 members (excludes halogenated alkanes) is 16. The van der Waals surface area contributed by atoms with E-state index in [2.05, 4.69) is 18.7 Å². The van der Waals surface area contributed by atoms with Crippen molar-refractivity contribution < 1.29 is 5.11 Å². The van der Waals surface area contributed by atoms with Crippen molar-refractivity contribution in [3.05, 3.63) is 0 Å². The fourth-order valence-electron chi connectivity index (χ4n) is 3.77. The van der Waals surface area contributed by atoms with Gasteiger partial charge in [0.1, 0.15) is 0 Å². The Hall–Kier alpha value is -0.0800. The van der Waals surface area contributed by atoms with Gasteiger partial charge in [0.25, 0.3) is 0 Å². The zero-order valence-corrected chi connectivity index (χ0v) is 18.5. The van der Waals surface area contributed by atoms with Crippen molar-refractivity contribution in [1.29, 1.82) is 0 Å². The number of aliphatic hydroxyl groups excluding tert-OH is 1. The highest BCUT2D eigenvalue weighted by molar-refractivity contribution is 4.59. The molecule has 158 valence electrons. The van der Waals surface area contributed by atoms with E-state index in [0.29, 0.717) is 6.61 Å². The van der Waals surface area contributed by atoms with Crippen LogP contribution in [0.1, 0.15) is 129 Å². The highest BCUT2D eigenvalue weighted by atomic mass is 16.3. The Labute approximate surface area is 166 Å². The van der Waals surface area contributed by atoms with Gasteiger partial charge in [0.15, 0.2) is 0 Å². The van der Waals surface area contributed by atoms with Crippen LogP contribution in [0.4, 0.5) is 0 Å². The van der Waals surface area contributed by atoms with Gasteiger partial charge in [0, 0.05) is 6.54 Å². The largest absolute Gasteiger partial charge is 0.395 e. The maximum atomic E-state index is 9.28. The van der Waals surface area contributed by atoms with Gasteiger partial charge >= 0.3 is 0 Å². The smallest absolute Gasteiger partial charge is 0.0558 e. The Morgan fingerprint density at radius 1 is 0.423 bits per heavy atom. The third kappa shape index (κ3) is 20.2. The molecule has 0 radical (unpaired) electrons. The molecule has 0 aliphatic carbocycles. The maximum Gasteiger partial charge on any atom is 0.0558 e. The van der Waals surface area contributed by atoms with Crippen molar-refractivity contribution in [2.45, 2.75) is 129 Å². The van der Waals surface area contributed by atoms with Gasteiger partial charge in [-0.3, -0.25) is 0 Å². The van der Waals surface area contributed by atoms with E-state index in [0.717, 1.165) is 6.54 Å².